The van der Waals surface area contributed by atoms with Gasteiger partial charge in [-0.3, -0.25) is 14.6 Å². The van der Waals surface area contributed by atoms with Crippen molar-refractivity contribution in [2.75, 3.05) is 19.6 Å². The molecular formula is C22H27N3O2. The number of aromatic nitrogens is 1. The van der Waals surface area contributed by atoms with E-state index in [4.69, 9.17) is 0 Å². The van der Waals surface area contributed by atoms with Gasteiger partial charge in [-0.2, -0.15) is 0 Å². The third-order valence-corrected chi connectivity index (χ3v) is 5.19. The maximum absolute atomic E-state index is 12.5. The Kier molecular flexibility index (Phi) is 6.97. The number of carbonyl (C=O) groups is 2. The van der Waals surface area contributed by atoms with Crippen LogP contribution in [0.2, 0.25) is 0 Å². The number of piperidine rings is 1. The highest BCUT2D eigenvalue weighted by Crippen LogP contribution is 2.23. The molecule has 0 saturated carbocycles. The van der Waals surface area contributed by atoms with Gasteiger partial charge < -0.3 is 10.2 Å². The Morgan fingerprint density at radius 1 is 1.04 bits per heavy atom. The minimum atomic E-state index is 0.114. The number of benzene rings is 1. The zero-order valence-corrected chi connectivity index (χ0v) is 15.6. The molecule has 27 heavy (non-hydrogen) atoms. The topological polar surface area (TPSA) is 62.3 Å². The number of rotatable bonds is 7. The zero-order chi connectivity index (χ0) is 18.9. The number of amides is 2. The van der Waals surface area contributed by atoms with E-state index in [9.17, 15) is 9.59 Å². The molecule has 5 nitrogen and oxygen atoms in total. The minimum absolute atomic E-state index is 0.114. The molecule has 5 heteroatoms. The van der Waals surface area contributed by atoms with Gasteiger partial charge in [0.1, 0.15) is 0 Å². The van der Waals surface area contributed by atoms with Gasteiger partial charge in [-0.25, -0.2) is 0 Å². The minimum Gasteiger partial charge on any atom is -0.356 e. The van der Waals surface area contributed by atoms with E-state index in [1.54, 1.807) is 12.4 Å². The summed E-state index contributed by atoms with van der Waals surface area (Å²) in [7, 11) is 0. The van der Waals surface area contributed by atoms with Crippen molar-refractivity contribution in [3.63, 3.8) is 0 Å². The summed E-state index contributed by atoms with van der Waals surface area (Å²) in [4.78, 5) is 30.4. The number of hydrogen-bond acceptors (Lipinski definition) is 3. The Bertz CT molecular complexity index is 726. The summed E-state index contributed by atoms with van der Waals surface area (Å²) in [6.07, 6.45) is 7.78. The standard InChI is InChI=1S/C22H27N3O2/c26-21(24-15-10-19-8-13-23-14-9-19)7-6-18-11-16-25(17-12-18)22(27)20-4-2-1-3-5-20/h1-5,8-9,13-14,18H,6-7,10-12,15-17H2,(H,24,26). The molecule has 0 radical (unpaired) electrons. The Labute approximate surface area is 160 Å². The fourth-order valence-electron chi connectivity index (χ4n) is 3.51. The summed E-state index contributed by atoms with van der Waals surface area (Å²) >= 11 is 0. The second kappa shape index (κ2) is 9.86. The largest absolute Gasteiger partial charge is 0.356 e. The van der Waals surface area contributed by atoms with Crippen molar-refractivity contribution in [2.45, 2.75) is 32.1 Å². The highest BCUT2D eigenvalue weighted by atomic mass is 16.2. The molecule has 2 heterocycles. The lowest BCUT2D eigenvalue weighted by molar-refractivity contribution is -0.121. The molecule has 2 aromatic rings. The van der Waals surface area contributed by atoms with Crippen molar-refractivity contribution in [1.82, 2.24) is 15.2 Å². The van der Waals surface area contributed by atoms with E-state index >= 15 is 0 Å². The normalized spacial score (nSPS) is 14.7. The van der Waals surface area contributed by atoms with E-state index in [0.717, 1.165) is 44.3 Å². The van der Waals surface area contributed by atoms with Gasteiger partial charge in [0, 0.05) is 44.0 Å². The maximum atomic E-state index is 12.5. The van der Waals surface area contributed by atoms with E-state index in [1.807, 2.05) is 47.4 Å². The molecule has 3 rings (SSSR count). The first-order valence-electron chi connectivity index (χ1n) is 9.72. The third kappa shape index (κ3) is 5.91. The smallest absolute Gasteiger partial charge is 0.253 e. The molecule has 1 fully saturated rings. The van der Waals surface area contributed by atoms with Gasteiger partial charge in [0.25, 0.3) is 5.91 Å². The molecule has 1 aromatic heterocycles. The van der Waals surface area contributed by atoms with E-state index in [0.29, 0.717) is 18.9 Å². The average molecular weight is 365 g/mol. The highest BCUT2D eigenvalue weighted by molar-refractivity contribution is 5.94. The molecule has 0 unspecified atom stereocenters. The first kappa shape index (κ1) is 19.1. The summed E-state index contributed by atoms with van der Waals surface area (Å²) in [5, 5.41) is 3.00. The van der Waals surface area contributed by atoms with E-state index < -0.39 is 0 Å². The second-order valence-electron chi connectivity index (χ2n) is 7.10. The molecule has 1 aliphatic rings. The third-order valence-electron chi connectivity index (χ3n) is 5.19. The van der Waals surface area contributed by atoms with Crippen molar-refractivity contribution in [1.29, 1.82) is 0 Å². The lowest BCUT2D eigenvalue weighted by Crippen LogP contribution is -2.38. The maximum Gasteiger partial charge on any atom is 0.253 e. The molecular weight excluding hydrogens is 338 g/mol. The van der Waals surface area contributed by atoms with Gasteiger partial charge in [-0.15, -0.1) is 0 Å². The first-order chi connectivity index (χ1) is 13.2. The number of pyridine rings is 1. The van der Waals surface area contributed by atoms with Gasteiger partial charge >= 0.3 is 0 Å². The van der Waals surface area contributed by atoms with Crippen LogP contribution in [0.4, 0.5) is 0 Å². The Hall–Kier alpha value is -2.69. The van der Waals surface area contributed by atoms with Crippen LogP contribution >= 0.6 is 0 Å². The van der Waals surface area contributed by atoms with Crippen LogP contribution in [0.25, 0.3) is 0 Å². The van der Waals surface area contributed by atoms with Gasteiger partial charge in [0.15, 0.2) is 0 Å². The van der Waals surface area contributed by atoms with Crippen LogP contribution in [0.15, 0.2) is 54.9 Å². The summed E-state index contributed by atoms with van der Waals surface area (Å²) in [5.41, 5.74) is 1.94. The molecule has 0 bridgehead atoms. The Morgan fingerprint density at radius 2 is 1.74 bits per heavy atom. The molecule has 1 aromatic carbocycles. The predicted octanol–water partition coefficient (Wildman–Crippen LogP) is 3.07. The Balaban J connectivity index is 1.32. The van der Waals surface area contributed by atoms with Crippen molar-refractivity contribution in [3.05, 3.63) is 66.0 Å². The first-order valence-corrected chi connectivity index (χ1v) is 9.72. The van der Waals surface area contributed by atoms with Crippen LogP contribution in [0.1, 0.15) is 41.6 Å². The van der Waals surface area contributed by atoms with Gasteiger partial charge in [0.05, 0.1) is 0 Å². The molecule has 0 spiro atoms. The lowest BCUT2D eigenvalue weighted by Gasteiger charge is -2.32. The zero-order valence-electron chi connectivity index (χ0n) is 15.6. The molecule has 142 valence electrons. The van der Waals surface area contributed by atoms with Crippen LogP contribution in [0.3, 0.4) is 0 Å². The number of carbonyl (C=O) groups excluding carboxylic acids is 2. The Morgan fingerprint density at radius 3 is 2.44 bits per heavy atom. The number of nitrogens with one attached hydrogen (secondary N) is 1. The monoisotopic (exact) mass is 365 g/mol. The predicted molar refractivity (Wildman–Crippen MR) is 105 cm³/mol. The van der Waals surface area contributed by atoms with Crippen molar-refractivity contribution >= 4 is 11.8 Å². The van der Waals surface area contributed by atoms with Gasteiger partial charge in [-0.1, -0.05) is 18.2 Å². The highest BCUT2D eigenvalue weighted by Gasteiger charge is 2.23. The lowest BCUT2D eigenvalue weighted by atomic mass is 9.91. The molecule has 0 atom stereocenters. The van der Waals surface area contributed by atoms with Crippen LogP contribution < -0.4 is 5.32 Å². The quantitative estimate of drug-likeness (QED) is 0.820. The number of nitrogens with zero attached hydrogens (tertiary/aromatic N) is 2. The van der Waals surface area contributed by atoms with Crippen LogP contribution in [0, 0.1) is 5.92 Å². The van der Waals surface area contributed by atoms with E-state index in [2.05, 4.69) is 10.3 Å². The summed E-state index contributed by atoms with van der Waals surface area (Å²) in [5.74, 6) is 0.755. The number of likely N-dealkylation sites (tertiary alicyclic amines) is 1. The fourth-order valence-corrected chi connectivity index (χ4v) is 3.51. The van der Waals surface area contributed by atoms with E-state index in [1.165, 1.54) is 5.56 Å². The average Bonchev–Trinajstić information content (AvgIpc) is 2.73. The molecule has 0 aliphatic carbocycles. The summed E-state index contributed by atoms with van der Waals surface area (Å²) in [6.45, 7) is 2.22. The summed E-state index contributed by atoms with van der Waals surface area (Å²) < 4.78 is 0. The van der Waals surface area contributed by atoms with E-state index in [-0.39, 0.29) is 11.8 Å². The fraction of sp³-hybridized carbons (Fsp3) is 0.409. The van der Waals surface area contributed by atoms with Crippen molar-refractivity contribution < 1.29 is 9.59 Å². The SMILES string of the molecule is O=C(CCC1CCN(C(=O)c2ccccc2)CC1)NCCc1ccncc1. The molecule has 1 N–H and O–H groups in total. The molecule has 1 saturated heterocycles. The molecule has 1 aliphatic heterocycles. The van der Waals surface area contributed by atoms with Crippen molar-refractivity contribution in [2.24, 2.45) is 5.92 Å². The van der Waals surface area contributed by atoms with Crippen LogP contribution in [-0.2, 0) is 11.2 Å². The van der Waals surface area contributed by atoms with Crippen molar-refractivity contribution in [3.8, 4) is 0 Å². The summed E-state index contributed by atoms with van der Waals surface area (Å²) in [6, 6.07) is 13.4. The van der Waals surface area contributed by atoms with Crippen LogP contribution in [0.5, 0.6) is 0 Å². The van der Waals surface area contributed by atoms with Gasteiger partial charge in [-0.05, 0) is 61.4 Å². The molecule has 2 amide bonds. The second-order valence-corrected chi connectivity index (χ2v) is 7.10. The number of hydrogen-bond donors (Lipinski definition) is 1. The van der Waals surface area contributed by atoms with Crippen LogP contribution in [-0.4, -0.2) is 41.3 Å². The van der Waals surface area contributed by atoms with Gasteiger partial charge in [0.2, 0.25) is 5.91 Å².